The second kappa shape index (κ2) is 2.49. The Morgan fingerprint density at radius 1 is 1.27 bits per heavy atom. The van der Waals surface area contributed by atoms with Gasteiger partial charge >= 0.3 is 0 Å². The monoisotopic (exact) mass is 157 g/mol. The molecule has 0 fully saturated rings. The topological polar surface area (TPSA) is 26.0 Å². The zero-order valence-corrected chi connectivity index (χ0v) is 6.14. The minimum atomic E-state index is -2.84. The van der Waals surface area contributed by atoms with Crippen molar-refractivity contribution in [2.75, 3.05) is 5.73 Å². The van der Waals surface area contributed by atoms with E-state index in [0.717, 1.165) is 6.92 Å². The van der Waals surface area contributed by atoms with E-state index in [1.165, 1.54) is 12.1 Å². The number of benzene rings is 1. The minimum absolute atomic E-state index is 0.111. The first-order valence-corrected chi connectivity index (χ1v) is 3.24. The summed E-state index contributed by atoms with van der Waals surface area (Å²) in [5.41, 5.74) is 5.35. The fraction of sp³-hybridized carbons (Fsp3) is 0.250. The van der Waals surface area contributed by atoms with Gasteiger partial charge in [-0.1, -0.05) is 18.2 Å². The molecule has 0 radical (unpaired) electrons. The number of rotatable bonds is 1. The number of hydrogen-bond donors (Lipinski definition) is 1. The van der Waals surface area contributed by atoms with E-state index in [1.54, 1.807) is 12.1 Å². The summed E-state index contributed by atoms with van der Waals surface area (Å²) < 4.78 is 25.3. The van der Waals surface area contributed by atoms with Gasteiger partial charge in [-0.2, -0.15) is 0 Å². The Hall–Kier alpha value is -1.12. The van der Waals surface area contributed by atoms with Gasteiger partial charge in [0.2, 0.25) is 0 Å². The molecule has 60 valence electrons. The first-order chi connectivity index (χ1) is 5.02. The van der Waals surface area contributed by atoms with Crippen LogP contribution < -0.4 is 5.73 Å². The quantitative estimate of drug-likeness (QED) is 0.622. The smallest absolute Gasteiger partial charge is 0.272 e. The molecule has 0 saturated carbocycles. The minimum Gasteiger partial charge on any atom is -0.398 e. The van der Waals surface area contributed by atoms with Crippen molar-refractivity contribution in [3.05, 3.63) is 29.8 Å². The van der Waals surface area contributed by atoms with E-state index in [9.17, 15) is 8.78 Å². The number of alkyl halides is 2. The Bertz CT molecular complexity index is 253. The lowest BCUT2D eigenvalue weighted by atomic mass is 10.1. The van der Waals surface area contributed by atoms with Gasteiger partial charge in [0, 0.05) is 18.2 Å². The maximum absolute atomic E-state index is 12.6. The third-order valence-electron chi connectivity index (χ3n) is 1.43. The van der Waals surface area contributed by atoms with Crippen molar-refractivity contribution >= 4 is 5.69 Å². The van der Waals surface area contributed by atoms with Crippen molar-refractivity contribution in [1.82, 2.24) is 0 Å². The summed E-state index contributed by atoms with van der Waals surface area (Å²) in [5.74, 6) is -2.84. The highest BCUT2D eigenvalue weighted by Crippen LogP contribution is 2.30. The van der Waals surface area contributed by atoms with Gasteiger partial charge in [0.05, 0.1) is 0 Å². The highest BCUT2D eigenvalue weighted by Gasteiger charge is 2.25. The highest BCUT2D eigenvalue weighted by molar-refractivity contribution is 5.48. The van der Waals surface area contributed by atoms with Crippen LogP contribution in [0.1, 0.15) is 12.5 Å². The lowest BCUT2D eigenvalue weighted by molar-refractivity contribution is 0.0183. The molecule has 0 aliphatic heterocycles. The fourth-order valence-electron chi connectivity index (χ4n) is 0.897. The molecular weight excluding hydrogens is 148 g/mol. The number of anilines is 1. The SMILES string of the molecule is CC(F)(F)c1ccccc1N. The summed E-state index contributed by atoms with van der Waals surface area (Å²) >= 11 is 0. The van der Waals surface area contributed by atoms with Gasteiger partial charge in [0.25, 0.3) is 5.92 Å². The van der Waals surface area contributed by atoms with Crippen molar-refractivity contribution in [3.8, 4) is 0 Å². The summed E-state index contributed by atoms with van der Waals surface area (Å²) in [7, 11) is 0. The zero-order valence-electron chi connectivity index (χ0n) is 6.14. The van der Waals surface area contributed by atoms with Crippen LogP contribution in [0.25, 0.3) is 0 Å². The van der Waals surface area contributed by atoms with Gasteiger partial charge in [-0.25, -0.2) is 8.78 Å². The number of nitrogen functional groups attached to an aromatic ring is 1. The molecule has 1 aromatic rings. The van der Waals surface area contributed by atoms with Crippen molar-refractivity contribution < 1.29 is 8.78 Å². The van der Waals surface area contributed by atoms with E-state index in [0.29, 0.717) is 0 Å². The molecule has 0 heterocycles. The van der Waals surface area contributed by atoms with Crippen LogP contribution in [0.15, 0.2) is 24.3 Å². The van der Waals surface area contributed by atoms with Crippen LogP contribution in [0.2, 0.25) is 0 Å². The average Bonchev–Trinajstić information content (AvgIpc) is 1.86. The summed E-state index contributed by atoms with van der Waals surface area (Å²) in [6, 6.07) is 5.97. The van der Waals surface area contributed by atoms with Crippen LogP contribution in [0.4, 0.5) is 14.5 Å². The van der Waals surface area contributed by atoms with Crippen LogP contribution in [0.3, 0.4) is 0 Å². The van der Waals surface area contributed by atoms with Gasteiger partial charge < -0.3 is 5.73 Å². The Kier molecular flexibility index (Phi) is 1.81. The Balaban J connectivity index is 3.14. The zero-order chi connectivity index (χ0) is 8.48. The van der Waals surface area contributed by atoms with Gasteiger partial charge in [0.15, 0.2) is 0 Å². The number of para-hydroxylation sites is 1. The largest absolute Gasteiger partial charge is 0.398 e. The normalized spacial score (nSPS) is 11.5. The molecule has 0 atom stereocenters. The third-order valence-corrected chi connectivity index (χ3v) is 1.43. The molecule has 0 amide bonds. The number of halogens is 2. The summed E-state index contributed by atoms with van der Waals surface area (Å²) in [4.78, 5) is 0. The van der Waals surface area contributed by atoms with Gasteiger partial charge in [0.1, 0.15) is 0 Å². The first-order valence-electron chi connectivity index (χ1n) is 3.24. The van der Waals surface area contributed by atoms with Gasteiger partial charge in [-0.05, 0) is 6.07 Å². The van der Waals surface area contributed by atoms with E-state index in [-0.39, 0.29) is 11.3 Å². The predicted molar refractivity (Wildman–Crippen MR) is 40.4 cm³/mol. The van der Waals surface area contributed by atoms with Crippen LogP contribution in [-0.4, -0.2) is 0 Å². The van der Waals surface area contributed by atoms with Crippen LogP contribution in [-0.2, 0) is 5.92 Å². The van der Waals surface area contributed by atoms with Crippen molar-refractivity contribution in [3.63, 3.8) is 0 Å². The van der Waals surface area contributed by atoms with E-state index < -0.39 is 5.92 Å². The second-order valence-corrected chi connectivity index (χ2v) is 2.48. The van der Waals surface area contributed by atoms with E-state index >= 15 is 0 Å². The molecule has 0 bridgehead atoms. The molecule has 0 unspecified atom stereocenters. The molecule has 1 rings (SSSR count). The summed E-state index contributed by atoms with van der Waals surface area (Å²) in [5, 5.41) is 0. The Morgan fingerprint density at radius 3 is 2.18 bits per heavy atom. The van der Waals surface area contributed by atoms with E-state index in [1.807, 2.05) is 0 Å². The van der Waals surface area contributed by atoms with Crippen LogP contribution in [0.5, 0.6) is 0 Å². The molecule has 0 aliphatic rings. The van der Waals surface area contributed by atoms with Gasteiger partial charge in [-0.3, -0.25) is 0 Å². The summed E-state index contributed by atoms with van der Waals surface area (Å²) in [6.07, 6.45) is 0. The standard InChI is InChI=1S/C8H9F2N/c1-8(9,10)6-4-2-3-5-7(6)11/h2-5H,11H2,1H3. The molecule has 2 N–H and O–H groups in total. The van der Waals surface area contributed by atoms with Crippen molar-refractivity contribution in [2.45, 2.75) is 12.8 Å². The molecule has 0 aliphatic carbocycles. The molecule has 3 heteroatoms. The molecular formula is C8H9F2N. The Morgan fingerprint density at radius 2 is 1.82 bits per heavy atom. The van der Waals surface area contributed by atoms with Crippen LogP contribution >= 0.6 is 0 Å². The predicted octanol–water partition coefficient (Wildman–Crippen LogP) is 2.38. The molecule has 0 saturated heterocycles. The molecule has 11 heavy (non-hydrogen) atoms. The molecule has 0 aromatic heterocycles. The third kappa shape index (κ3) is 1.67. The van der Waals surface area contributed by atoms with Crippen LogP contribution in [0, 0.1) is 0 Å². The van der Waals surface area contributed by atoms with E-state index in [4.69, 9.17) is 5.73 Å². The second-order valence-electron chi connectivity index (χ2n) is 2.48. The van der Waals surface area contributed by atoms with Gasteiger partial charge in [-0.15, -0.1) is 0 Å². The fourth-order valence-corrected chi connectivity index (χ4v) is 0.897. The van der Waals surface area contributed by atoms with Crippen molar-refractivity contribution in [2.24, 2.45) is 0 Å². The summed E-state index contributed by atoms with van der Waals surface area (Å²) in [6.45, 7) is 0.832. The lowest BCUT2D eigenvalue weighted by Crippen LogP contribution is -2.09. The maximum Gasteiger partial charge on any atom is 0.272 e. The van der Waals surface area contributed by atoms with Crippen molar-refractivity contribution in [1.29, 1.82) is 0 Å². The Labute approximate surface area is 63.8 Å². The molecule has 0 spiro atoms. The number of nitrogens with two attached hydrogens (primary N) is 1. The average molecular weight is 157 g/mol. The lowest BCUT2D eigenvalue weighted by Gasteiger charge is -2.12. The highest BCUT2D eigenvalue weighted by atomic mass is 19.3. The first kappa shape index (κ1) is 7.98. The van der Waals surface area contributed by atoms with E-state index in [2.05, 4.69) is 0 Å². The maximum atomic E-state index is 12.6. The molecule has 1 nitrogen and oxygen atoms in total. The molecule has 1 aromatic carbocycles. The number of hydrogen-bond acceptors (Lipinski definition) is 1.